The molecule has 1 aliphatic heterocycles. The molecule has 208 valence electrons. The lowest BCUT2D eigenvalue weighted by Crippen LogP contribution is -2.54. The first-order valence-corrected chi connectivity index (χ1v) is 13.2. The minimum Gasteiger partial charge on any atom is -0.444 e. The van der Waals surface area contributed by atoms with Gasteiger partial charge in [0, 0.05) is 43.8 Å². The SMILES string of the molecule is CN(C)C(=O)C(O)Nc1nccc(Sc2ncc(N3CCC(C)(NC(=O)OC(C)(C)C)CC3)nc2N)c1Cl. The number of pyridine rings is 1. The molecule has 0 aromatic carbocycles. The summed E-state index contributed by atoms with van der Waals surface area (Å²) in [6.45, 7) is 8.82. The summed E-state index contributed by atoms with van der Waals surface area (Å²) in [6.07, 6.45) is 2.63. The molecule has 2 aromatic heterocycles. The second-order valence-electron chi connectivity index (χ2n) is 10.4. The maximum absolute atomic E-state index is 12.2. The first-order valence-electron chi connectivity index (χ1n) is 12.0. The van der Waals surface area contributed by atoms with Crippen molar-refractivity contribution in [2.45, 2.75) is 67.8 Å². The number of anilines is 3. The standard InChI is InChI=1S/C24H35ClN8O4S/c1-23(2,3)37-22(36)31-24(4)8-11-33(12-9-24)15-13-28-20(17(26)29-15)38-14-7-10-27-18(16(14)25)30-19(34)21(35)32(5)6/h7,10,13,19,34H,8-9,11-12H2,1-6H3,(H2,26,29)(H,27,30)(H,31,36). The van der Waals surface area contributed by atoms with Crippen LogP contribution in [-0.4, -0.2) is 81.5 Å². The highest BCUT2D eigenvalue weighted by Crippen LogP contribution is 2.38. The third-order valence-electron chi connectivity index (χ3n) is 5.75. The summed E-state index contributed by atoms with van der Waals surface area (Å²) in [4.78, 5) is 41.2. The van der Waals surface area contributed by atoms with Crippen LogP contribution in [0.3, 0.4) is 0 Å². The molecule has 0 bridgehead atoms. The van der Waals surface area contributed by atoms with Gasteiger partial charge in [-0.1, -0.05) is 23.4 Å². The number of amides is 2. The van der Waals surface area contributed by atoms with Gasteiger partial charge in [-0.25, -0.2) is 19.7 Å². The van der Waals surface area contributed by atoms with Crippen molar-refractivity contribution in [3.05, 3.63) is 23.5 Å². The number of nitrogens with two attached hydrogens (primary N) is 1. The zero-order chi connectivity index (χ0) is 28.3. The number of hydrogen-bond donors (Lipinski definition) is 4. The molecule has 1 fully saturated rings. The molecule has 2 amide bonds. The second kappa shape index (κ2) is 11.8. The summed E-state index contributed by atoms with van der Waals surface area (Å²) in [5.74, 6) is 0.488. The molecule has 1 atom stereocenters. The molecule has 0 saturated carbocycles. The number of hydrogen-bond acceptors (Lipinski definition) is 11. The van der Waals surface area contributed by atoms with Crippen molar-refractivity contribution in [1.82, 2.24) is 25.2 Å². The number of carbonyl (C=O) groups is 2. The van der Waals surface area contributed by atoms with Crippen molar-refractivity contribution in [3.8, 4) is 0 Å². The molecule has 1 aliphatic rings. The fourth-order valence-corrected chi connectivity index (χ4v) is 4.72. The minimum absolute atomic E-state index is 0.152. The van der Waals surface area contributed by atoms with E-state index < -0.39 is 23.8 Å². The number of aliphatic hydroxyl groups excluding tert-OH is 1. The number of ether oxygens (including phenoxy) is 1. The molecule has 0 spiro atoms. The number of nitrogens with one attached hydrogen (secondary N) is 2. The van der Waals surface area contributed by atoms with E-state index >= 15 is 0 Å². The third-order valence-corrected chi connectivity index (χ3v) is 7.32. The topological polar surface area (TPSA) is 159 Å². The third kappa shape index (κ3) is 7.74. The summed E-state index contributed by atoms with van der Waals surface area (Å²) < 4.78 is 5.40. The van der Waals surface area contributed by atoms with Gasteiger partial charge in [-0.3, -0.25) is 4.79 Å². The van der Waals surface area contributed by atoms with Gasteiger partial charge in [-0.05, 0) is 46.6 Å². The molecular formula is C24H35ClN8O4S. The fourth-order valence-electron chi connectivity index (χ4n) is 3.66. The van der Waals surface area contributed by atoms with Crippen LogP contribution in [0.2, 0.25) is 5.02 Å². The van der Waals surface area contributed by atoms with Crippen LogP contribution in [0.15, 0.2) is 28.4 Å². The molecule has 2 aromatic rings. The van der Waals surface area contributed by atoms with Crippen molar-refractivity contribution in [1.29, 1.82) is 0 Å². The van der Waals surface area contributed by atoms with Gasteiger partial charge in [0.15, 0.2) is 5.82 Å². The zero-order valence-electron chi connectivity index (χ0n) is 22.4. The Balaban J connectivity index is 1.64. The number of piperidine rings is 1. The van der Waals surface area contributed by atoms with E-state index in [0.717, 1.165) is 0 Å². The largest absolute Gasteiger partial charge is 0.444 e. The highest BCUT2D eigenvalue weighted by molar-refractivity contribution is 7.99. The Labute approximate surface area is 231 Å². The van der Waals surface area contributed by atoms with Crippen LogP contribution >= 0.6 is 23.4 Å². The average Bonchev–Trinajstić information content (AvgIpc) is 2.81. The molecule has 0 aliphatic carbocycles. The lowest BCUT2D eigenvalue weighted by Gasteiger charge is -2.40. The molecule has 38 heavy (non-hydrogen) atoms. The van der Waals surface area contributed by atoms with Crippen LogP contribution in [0.25, 0.3) is 0 Å². The quantitative estimate of drug-likeness (QED) is 0.365. The number of nitrogens with zero attached hydrogens (tertiary/aromatic N) is 5. The van der Waals surface area contributed by atoms with Crippen LogP contribution in [0.4, 0.5) is 22.2 Å². The maximum atomic E-state index is 12.2. The number of halogens is 1. The van der Waals surface area contributed by atoms with E-state index in [0.29, 0.717) is 41.7 Å². The van der Waals surface area contributed by atoms with E-state index in [4.69, 9.17) is 22.1 Å². The predicted octanol–water partition coefficient (Wildman–Crippen LogP) is 2.96. The Morgan fingerprint density at radius 3 is 2.53 bits per heavy atom. The Hall–Kier alpha value is -3.03. The molecule has 14 heteroatoms. The van der Waals surface area contributed by atoms with Crippen LogP contribution in [0, 0.1) is 0 Å². The molecular weight excluding hydrogens is 532 g/mol. The summed E-state index contributed by atoms with van der Waals surface area (Å²) in [5.41, 5.74) is 5.29. The summed E-state index contributed by atoms with van der Waals surface area (Å²) in [7, 11) is 3.06. The van der Waals surface area contributed by atoms with E-state index in [2.05, 4.69) is 30.5 Å². The van der Waals surface area contributed by atoms with Gasteiger partial charge in [-0.15, -0.1) is 0 Å². The summed E-state index contributed by atoms with van der Waals surface area (Å²) in [5, 5.41) is 16.3. The first-order chi connectivity index (χ1) is 17.7. The predicted molar refractivity (Wildman–Crippen MR) is 147 cm³/mol. The van der Waals surface area contributed by atoms with Gasteiger partial charge in [0.05, 0.1) is 11.2 Å². The van der Waals surface area contributed by atoms with Gasteiger partial charge in [0.2, 0.25) is 6.23 Å². The van der Waals surface area contributed by atoms with E-state index in [-0.39, 0.29) is 22.2 Å². The Morgan fingerprint density at radius 2 is 1.95 bits per heavy atom. The molecule has 1 saturated heterocycles. The van der Waals surface area contributed by atoms with Gasteiger partial charge in [0.1, 0.15) is 22.3 Å². The van der Waals surface area contributed by atoms with E-state index in [9.17, 15) is 14.7 Å². The summed E-state index contributed by atoms with van der Waals surface area (Å²) >= 11 is 7.67. The van der Waals surface area contributed by atoms with Crippen LogP contribution in [0.5, 0.6) is 0 Å². The van der Waals surface area contributed by atoms with E-state index in [1.54, 1.807) is 12.3 Å². The van der Waals surface area contributed by atoms with Crippen molar-refractivity contribution in [2.24, 2.45) is 0 Å². The summed E-state index contributed by atoms with van der Waals surface area (Å²) in [6, 6.07) is 1.68. The average molecular weight is 567 g/mol. The number of carbonyl (C=O) groups excluding carboxylic acids is 2. The number of likely N-dealkylation sites (N-methyl/N-ethyl adjacent to an activating group) is 1. The van der Waals surface area contributed by atoms with Gasteiger partial charge < -0.3 is 36.0 Å². The van der Waals surface area contributed by atoms with E-state index in [1.807, 2.05) is 27.7 Å². The highest BCUT2D eigenvalue weighted by atomic mass is 35.5. The lowest BCUT2D eigenvalue weighted by atomic mass is 9.90. The van der Waals surface area contributed by atoms with Crippen LogP contribution < -0.4 is 21.3 Å². The molecule has 0 radical (unpaired) electrons. The zero-order valence-corrected chi connectivity index (χ0v) is 24.0. The smallest absolute Gasteiger partial charge is 0.408 e. The normalized spacial score (nSPS) is 15.9. The van der Waals surface area contributed by atoms with Crippen LogP contribution in [0.1, 0.15) is 40.5 Å². The monoisotopic (exact) mass is 566 g/mol. The first kappa shape index (κ1) is 29.5. The molecule has 3 heterocycles. The van der Waals surface area contributed by atoms with Gasteiger partial charge in [-0.2, -0.15) is 0 Å². The molecule has 5 N–H and O–H groups in total. The fraction of sp³-hybridized carbons (Fsp3) is 0.542. The number of alkyl carbamates (subject to hydrolysis) is 1. The van der Waals surface area contributed by atoms with Crippen LogP contribution in [-0.2, 0) is 9.53 Å². The highest BCUT2D eigenvalue weighted by Gasteiger charge is 2.33. The van der Waals surface area contributed by atoms with E-state index in [1.165, 1.54) is 37.0 Å². The molecule has 1 unspecified atom stereocenters. The Bertz CT molecular complexity index is 1170. The number of aliphatic hydroxyl groups is 1. The molecule has 3 rings (SSSR count). The van der Waals surface area contributed by atoms with Crippen molar-refractivity contribution < 1.29 is 19.4 Å². The van der Waals surface area contributed by atoms with Gasteiger partial charge in [0.25, 0.3) is 5.91 Å². The Kier molecular flexibility index (Phi) is 9.16. The van der Waals surface area contributed by atoms with Gasteiger partial charge >= 0.3 is 6.09 Å². The maximum Gasteiger partial charge on any atom is 0.408 e. The molecule has 12 nitrogen and oxygen atoms in total. The van der Waals surface area contributed by atoms with Crippen molar-refractivity contribution in [3.63, 3.8) is 0 Å². The second-order valence-corrected chi connectivity index (χ2v) is 11.9. The number of nitrogen functional groups attached to an aromatic ring is 1. The lowest BCUT2D eigenvalue weighted by molar-refractivity contribution is -0.136. The minimum atomic E-state index is -1.50. The number of aromatic nitrogens is 3. The Morgan fingerprint density at radius 1 is 1.29 bits per heavy atom. The number of rotatable bonds is 7. The van der Waals surface area contributed by atoms with Crippen molar-refractivity contribution >= 4 is 52.8 Å². The van der Waals surface area contributed by atoms with Crippen molar-refractivity contribution in [2.75, 3.05) is 43.1 Å².